The van der Waals surface area contributed by atoms with Crippen molar-refractivity contribution in [1.82, 2.24) is 20.0 Å². The highest BCUT2D eigenvalue weighted by Gasteiger charge is 2.21. The number of rotatable bonds is 2. The van der Waals surface area contributed by atoms with Crippen molar-refractivity contribution in [2.24, 2.45) is 7.05 Å². The van der Waals surface area contributed by atoms with Crippen LogP contribution in [0.2, 0.25) is 0 Å². The molecule has 1 unspecified atom stereocenters. The highest BCUT2D eigenvalue weighted by Crippen LogP contribution is 2.27. The molecule has 0 aliphatic rings. The number of nitrogens with zero attached hydrogens (tertiary/aromatic N) is 4. The molecule has 0 aliphatic heterocycles. The molecular weight excluding hydrogens is 268 g/mol. The minimum Gasteiger partial charge on any atom is -0.379 e. The molecule has 1 atom stereocenters. The van der Waals surface area contributed by atoms with Gasteiger partial charge in [-0.05, 0) is 15.9 Å². The summed E-state index contributed by atoms with van der Waals surface area (Å²) >= 11 is 4.62. The fourth-order valence-electron chi connectivity index (χ4n) is 1.12. The standard InChI is InChI=1S/C7H7BrN4OS/c1-12-4(6(8)10-11-12)5(13)7-9-2-3-14-7/h2-3,5,13H,1H3. The summed E-state index contributed by atoms with van der Waals surface area (Å²) in [4.78, 5) is 4.03. The molecule has 0 fully saturated rings. The van der Waals surface area contributed by atoms with E-state index in [2.05, 4.69) is 31.2 Å². The van der Waals surface area contributed by atoms with Gasteiger partial charge in [-0.25, -0.2) is 9.67 Å². The van der Waals surface area contributed by atoms with E-state index >= 15 is 0 Å². The second-order valence-corrected chi connectivity index (χ2v) is 4.34. The van der Waals surface area contributed by atoms with E-state index in [9.17, 15) is 5.11 Å². The van der Waals surface area contributed by atoms with Gasteiger partial charge in [0.1, 0.15) is 16.8 Å². The van der Waals surface area contributed by atoms with Crippen molar-refractivity contribution in [3.05, 3.63) is 26.9 Å². The second kappa shape index (κ2) is 3.76. The SMILES string of the molecule is Cn1nnc(Br)c1C(O)c1nccs1. The lowest BCUT2D eigenvalue weighted by molar-refractivity contribution is 0.208. The third kappa shape index (κ3) is 1.58. The van der Waals surface area contributed by atoms with Crippen LogP contribution in [-0.4, -0.2) is 25.1 Å². The summed E-state index contributed by atoms with van der Waals surface area (Å²) in [5.41, 5.74) is 0.611. The molecule has 7 heteroatoms. The van der Waals surface area contributed by atoms with Crippen molar-refractivity contribution in [3.8, 4) is 0 Å². The smallest absolute Gasteiger partial charge is 0.154 e. The van der Waals surface area contributed by atoms with Crippen molar-refractivity contribution < 1.29 is 5.11 Å². The average molecular weight is 275 g/mol. The summed E-state index contributed by atoms with van der Waals surface area (Å²) in [6.07, 6.45) is 0.880. The molecule has 0 spiro atoms. The summed E-state index contributed by atoms with van der Waals surface area (Å²) in [6.45, 7) is 0. The van der Waals surface area contributed by atoms with Crippen LogP contribution in [-0.2, 0) is 7.05 Å². The van der Waals surface area contributed by atoms with Gasteiger partial charge in [-0.15, -0.1) is 16.4 Å². The van der Waals surface area contributed by atoms with Gasteiger partial charge in [-0.2, -0.15) is 0 Å². The van der Waals surface area contributed by atoms with Gasteiger partial charge in [0, 0.05) is 18.6 Å². The predicted molar refractivity (Wildman–Crippen MR) is 54.9 cm³/mol. The maximum absolute atomic E-state index is 9.95. The third-order valence-corrected chi connectivity index (χ3v) is 3.16. The van der Waals surface area contributed by atoms with Crippen LogP contribution in [0.3, 0.4) is 0 Å². The topological polar surface area (TPSA) is 63.8 Å². The lowest BCUT2D eigenvalue weighted by Crippen LogP contribution is -2.06. The van der Waals surface area contributed by atoms with Crippen molar-refractivity contribution in [2.75, 3.05) is 0 Å². The van der Waals surface area contributed by atoms with Crippen LogP contribution in [0.25, 0.3) is 0 Å². The van der Waals surface area contributed by atoms with Gasteiger partial charge in [-0.1, -0.05) is 5.21 Å². The second-order valence-electron chi connectivity index (χ2n) is 2.66. The Morgan fingerprint density at radius 3 is 2.93 bits per heavy atom. The largest absolute Gasteiger partial charge is 0.379 e. The number of halogens is 1. The lowest BCUT2D eigenvalue weighted by Gasteiger charge is -2.06. The minimum atomic E-state index is -0.774. The number of aliphatic hydroxyl groups excluding tert-OH is 1. The number of aliphatic hydroxyl groups is 1. The highest BCUT2D eigenvalue weighted by molar-refractivity contribution is 9.10. The predicted octanol–water partition coefficient (Wildman–Crippen LogP) is 1.12. The quantitative estimate of drug-likeness (QED) is 0.892. The molecule has 14 heavy (non-hydrogen) atoms. The third-order valence-electron chi connectivity index (χ3n) is 1.77. The number of aromatic nitrogens is 4. The molecule has 2 aromatic heterocycles. The first-order valence-electron chi connectivity index (χ1n) is 3.82. The summed E-state index contributed by atoms with van der Waals surface area (Å²) in [6, 6.07) is 0. The van der Waals surface area contributed by atoms with E-state index in [1.807, 2.05) is 5.38 Å². The maximum Gasteiger partial charge on any atom is 0.154 e. The summed E-state index contributed by atoms with van der Waals surface area (Å²) < 4.78 is 2.07. The van der Waals surface area contributed by atoms with Crippen LogP contribution in [0.5, 0.6) is 0 Å². The zero-order chi connectivity index (χ0) is 10.1. The molecular formula is C7H7BrN4OS. The first-order chi connectivity index (χ1) is 6.70. The highest BCUT2D eigenvalue weighted by atomic mass is 79.9. The molecule has 74 valence electrons. The Kier molecular flexibility index (Phi) is 2.62. The Morgan fingerprint density at radius 2 is 2.43 bits per heavy atom. The molecule has 0 aliphatic carbocycles. The van der Waals surface area contributed by atoms with E-state index in [1.54, 1.807) is 13.2 Å². The number of thiazole rings is 1. The first-order valence-corrected chi connectivity index (χ1v) is 5.50. The Bertz CT molecular complexity index is 407. The van der Waals surface area contributed by atoms with E-state index in [0.29, 0.717) is 15.3 Å². The van der Waals surface area contributed by atoms with Crippen LogP contribution >= 0.6 is 27.3 Å². The lowest BCUT2D eigenvalue weighted by atomic mass is 10.3. The molecule has 0 bridgehead atoms. The molecule has 2 heterocycles. The summed E-state index contributed by atoms with van der Waals surface area (Å²) in [5, 5.41) is 20.0. The Hall–Kier alpha value is -0.790. The van der Waals surface area contributed by atoms with E-state index < -0.39 is 6.10 Å². The fourth-order valence-corrected chi connectivity index (χ4v) is 2.28. The van der Waals surface area contributed by atoms with Gasteiger partial charge in [0.05, 0.1) is 0 Å². The molecule has 0 amide bonds. The van der Waals surface area contributed by atoms with Gasteiger partial charge >= 0.3 is 0 Å². The van der Waals surface area contributed by atoms with Crippen molar-refractivity contribution >= 4 is 27.3 Å². The van der Waals surface area contributed by atoms with E-state index in [0.717, 1.165) is 0 Å². The molecule has 2 aromatic rings. The zero-order valence-electron chi connectivity index (χ0n) is 7.25. The summed E-state index contributed by atoms with van der Waals surface area (Å²) in [5.74, 6) is 0. The van der Waals surface area contributed by atoms with E-state index in [1.165, 1.54) is 16.0 Å². The molecule has 0 aromatic carbocycles. The van der Waals surface area contributed by atoms with Gasteiger partial charge in [0.25, 0.3) is 0 Å². The van der Waals surface area contributed by atoms with Gasteiger partial charge in [-0.3, -0.25) is 0 Å². The van der Waals surface area contributed by atoms with Crippen LogP contribution in [0.4, 0.5) is 0 Å². The van der Waals surface area contributed by atoms with Gasteiger partial charge < -0.3 is 5.11 Å². The van der Waals surface area contributed by atoms with E-state index in [-0.39, 0.29) is 0 Å². The first kappa shape index (κ1) is 9.75. The van der Waals surface area contributed by atoms with Crippen molar-refractivity contribution in [1.29, 1.82) is 0 Å². The van der Waals surface area contributed by atoms with Crippen LogP contribution in [0.1, 0.15) is 16.8 Å². The van der Waals surface area contributed by atoms with Crippen LogP contribution in [0, 0.1) is 0 Å². The molecule has 2 rings (SSSR count). The monoisotopic (exact) mass is 274 g/mol. The Labute approximate surface area is 92.5 Å². The fraction of sp³-hybridized carbons (Fsp3) is 0.286. The van der Waals surface area contributed by atoms with E-state index in [4.69, 9.17) is 0 Å². The summed E-state index contributed by atoms with van der Waals surface area (Å²) in [7, 11) is 1.73. The van der Waals surface area contributed by atoms with Gasteiger partial charge in [0.15, 0.2) is 4.60 Å². The van der Waals surface area contributed by atoms with Crippen molar-refractivity contribution in [2.45, 2.75) is 6.10 Å². The van der Waals surface area contributed by atoms with Crippen LogP contribution < -0.4 is 0 Å². The maximum atomic E-state index is 9.95. The molecule has 1 N–H and O–H groups in total. The Balaban J connectivity index is 2.41. The molecule has 0 saturated carbocycles. The van der Waals surface area contributed by atoms with Crippen LogP contribution in [0.15, 0.2) is 16.2 Å². The zero-order valence-corrected chi connectivity index (χ0v) is 9.66. The molecule has 5 nitrogen and oxygen atoms in total. The number of aryl methyl sites for hydroxylation is 1. The normalized spacial score (nSPS) is 13.1. The Morgan fingerprint density at radius 1 is 1.64 bits per heavy atom. The number of hydrogen-bond acceptors (Lipinski definition) is 5. The minimum absolute atomic E-state index is 0.544. The van der Waals surface area contributed by atoms with Crippen molar-refractivity contribution in [3.63, 3.8) is 0 Å². The van der Waals surface area contributed by atoms with Gasteiger partial charge in [0.2, 0.25) is 0 Å². The average Bonchev–Trinajstić information content (AvgIpc) is 2.75. The molecule has 0 saturated heterocycles. The number of hydrogen-bond donors (Lipinski definition) is 1. The molecule has 0 radical (unpaired) electrons.